The van der Waals surface area contributed by atoms with Crippen LogP contribution in [0.4, 0.5) is 0 Å². The van der Waals surface area contributed by atoms with Gasteiger partial charge in [0.25, 0.3) is 0 Å². The van der Waals surface area contributed by atoms with Gasteiger partial charge in [-0.25, -0.2) is 0 Å². The van der Waals surface area contributed by atoms with Crippen molar-refractivity contribution >= 4 is 28.7 Å². The van der Waals surface area contributed by atoms with Crippen LogP contribution in [0.5, 0.6) is 5.75 Å². The molecule has 0 aliphatic heterocycles. The first-order valence-electron chi connectivity index (χ1n) is 7.20. The van der Waals surface area contributed by atoms with E-state index in [4.69, 9.17) is 11.6 Å². The molecule has 0 fully saturated rings. The molecule has 3 rings (SSSR count). The summed E-state index contributed by atoms with van der Waals surface area (Å²) in [6.07, 6.45) is 0.401. The zero-order valence-electron chi connectivity index (χ0n) is 12.5. The van der Waals surface area contributed by atoms with Gasteiger partial charge in [-0.1, -0.05) is 41.4 Å². The number of phenols is 1. The molecule has 0 spiro atoms. The third kappa shape index (κ3) is 3.63. The van der Waals surface area contributed by atoms with Crippen LogP contribution in [0.1, 0.15) is 20.8 Å². The molecule has 0 amide bonds. The van der Waals surface area contributed by atoms with E-state index in [9.17, 15) is 9.90 Å². The fourth-order valence-corrected chi connectivity index (χ4v) is 3.52. The van der Waals surface area contributed by atoms with Crippen molar-refractivity contribution < 1.29 is 9.90 Å². The van der Waals surface area contributed by atoms with Gasteiger partial charge in [-0.05, 0) is 48.4 Å². The smallest absolute Gasteiger partial charge is 0.177 e. The summed E-state index contributed by atoms with van der Waals surface area (Å²) in [5.41, 5.74) is 3.07. The number of carbonyl (C=O) groups is 1. The summed E-state index contributed by atoms with van der Waals surface area (Å²) in [6.45, 7) is 2.02. The van der Waals surface area contributed by atoms with Crippen molar-refractivity contribution in [3.05, 3.63) is 75.6 Å². The molecule has 4 heteroatoms. The predicted molar refractivity (Wildman–Crippen MR) is 95.6 cm³/mol. The van der Waals surface area contributed by atoms with Crippen molar-refractivity contribution in [1.29, 1.82) is 0 Å². The molecule has 1 N–H and O–H groups in total. The van der Waals surface area contributed by atoms with Crippen LogP contribution >= 0.6 is 22.9 Å². The second kappa shape index (κ2) is 6.57. The van der Waals surface area contributed by atoms with E-state index in [1.807, 2.05) is 43.3 Å². The Hall–Kier alpha value is -2.10. The van der Waals surface area contributed by atoms with E-state index in [-0.39, 0.29) is 11.5 Å². The minimum Gasteiger partial charge on any atom is -0.506 e. The van der Waals surface area contributed by atoms with Crippen LogP contribution in [0.25, 0.3) is 10.4 Å². The Balaban J connectivity index is 1.81. The number of hydrogen-bond acceptors (Lipinski definition) is 3. The highest BCUT2D eigenvalue weighted by atomic mass is 35.5. The molecule has 0 bridgehead atoms. The molecule has 23 heavy (non-hydrogen) atoms. The molecule has 0 unspecified atom stereocenters. The molecule has 3 aromatic rings. The zero-order valence-corrected chi connectivity index (χ0v) is 14.1. The number of aromatic hydroxyl groups is 1. The summed E-state index contributed by atoms with van der Waals surface area (Å²) in [7, 11) is 0. The first-order valence-corrected chi connectivity index (χ1v) is 8.40. The Labute approximate surface area is 144 Å². The van der Waals surface area contributed by atoms with E-state index in [1.165, 1.54) is 11.3 Å². The average molecular weight is 343 g/mol. The van der Waals surface area contributed by atoms with E-state index in [0.717, 1.165) is 26.4 Å². The minimum absolute atomic E-state index is 0.0581. The first-order chi connectivity index (χ1) is 11.0. The normalized spacial score (nSPS) is 10.7. The number of phenolic OH excluding ortho intramolecular Hbond substituents is 1. The van der Waals surface area contributed by atoms with Crippen LogP contribution in [0.3, 0.4) is 0 Å². The van der Waals surface area contributed by atoms with Gasteiger partial charge < -0.3 is 5.11 Å². The highest BCUT2D eigenvalue weighted by Crippen LogP contribution is 2.33. The van der Waals surface area contributed by atoms with Crippen molar-refractivity contribution in [1.82, 2.24) is 0 Å². The molecule has 1 aromatic heterocycles. The molecule has 2 aromatic carbocycles. The Bertz CT molecular complexity index is 867. The molecule has 0 saturated heterocycles. The molecule has 0 atom stereocenters. The number of aryl methyl sites for hydroxylation is 1. The van der Waals surface area contributed by atoms with Crippen molar-refractivity contribution in [2.45, 2.75) is 13.3 Å². The molecular weight excluding hydrogens is 328 g/mol. The number of ketones is 1. The zero-order chi connectivity index (χ0) is 16.4. The van der Waals surface area contributed by atoms with Crippen LogP contribution < -0.4 is 0 Å². The van der Waals surface area contributed by atoms with Gasteiger partial charge in [0.15, 0.2) is 5.78 Å². The van der Waals surface area contributed by atoms with Gasteiger partial charge in [-0.15, -0.1) is 11.3 Å². The Morgan fingerprint density at radius 3 is 2.70 bits per heavy atom. The molecule has 1 heterocycles. The monoisotopic (exact) mass is 342 g/mol. The largest absolute Gasteiger partial charge is 0.506 e. The van der Waals surface area contributed by atoms with Crippen LogP contribution in [0.15, 0.2) is 54.6 Å². The van der Waals surface area contributed by atoms with Gasteiger partial charge in [0.2, 0.25) is 0 Å². The SMILES string of the molecule is Cc1cccc(CC(=O)c2ccc(-c3ccc(O)c(Cl)c3)s2)c1. The fourth-order valence-electron chi connectivity index (χ4n) is 2.40. The summed E-state index contributed by atoms with van der Waals surface area (Å²) in [5.74, 6) is 0.166. The summed E-state index contributed by atoms with van der Waals surface area (Å²) in [5, 5.41) is 9.80. The highest BCUT2D eigenvalue weighted by molar-refractivity contribution is 7.17. The van der Waals surface area contributed by atoms with Crippen molar-refractivity contribution in [2.24, 2.45) is 0 Å². The van der Waals surface area contributed by atoms with E-state index < -0.39 is 0 Å². The molecular formula is C19H15ClO2S. The molecule has 116 valence electrons. The van der Waals surface area contributed by atoms with Crippen molar-refractivity contribution in [3.8, 4) is 16.2 Å². The fraction of sp³-hybridized carbons (Fsp3) is 0.105. The average Bonchev–Trinajstić information content (AvgIpc) is 3.00. The van der Waals surface area contributed by atoms with Gasteiger partial charge >= 0.3 is 0 Å². The van der Waals surface area contributed by atoms with Gasteiger partial charge in [0, 0.05) is 11.3 Å². The Kier molecular flexibility index (Phi) is 4.51. The van der Waals surface area contributed by atoms with E-state index >= 15 is 0 Å². The van der Waals surface area contributed by atoms with Crippen LogP contribution in [0.2, 0.25) is 5.02 Å². The second-order valence-corrected chi connectivity index (χ2v) is 6.91. The maximum Gasteiger partial charge on any atom is 0.177 e. The number of carbonyl (C=O) groups excluding carboxylic acids is 1. The Morgan fingerprint density at radius 2 is 1.96 bits per heavy atom. The number of benzene rings is 2. The van der Waals surface area contributed by atoms with Gasteiger partial charge in [-0.3, -0.25) is 4.79 Å². The minimum atomic E-state index is 0.0581. The Morgan fingerprint density at radius 1 is 1.13 bits per heavy atom. The first kappa shape index (κ1) is 15.8. The lowest BCUT2D eigenvalue weighted by Crippen LogP contribution is -2.01. The molecule has 0 aliphatic rings. The maximum atomic E-state index is 12.4. The molecule has 0 radical (unpaired) electrons. The lowest BCUT2D eigenvalue weighted by atomic mass is 10.1. The third-order valence-corrected chi connectivity index (χ3v) is 5.04. The van der Waals surface area contributed by atoms with Gasteiger partial charge in [-0.2, -0.15) is 0 Å². The van der Waals surface area contributed by atoms with Crippen LogP contribution in [-0.4, -0.2) is 10.9 Å². The number of Topliss-reactive ketones (excluding diaryl/α,β-unsaturated/α-hetero) is 1. The number of rotatable bonds is 4. The van der Waals surface area contributed by atoms with Crippen molar-refractivity contribution in [2.75, 3.05) is 0 Å². The number of hydrogen-bond donors (Lipinski definition) is 1. The summed E-state index contributed by atoms with van der Waals surface area (Å²) in [4.78, 5) is 14.1. The van der Waals surface area contributed by atoms with Crippen LogP contribution in [0, 0.1) is 6.92 Å². The number of halogens is 1. The molecule has 2 nitrogen and oxygen atoms in total. The lowest BCUT2D eigenvalue weighted by molar-refractivity contribution is 0.0997. The second-order valence-electron chi connectivity index (χ2n) is 5.42. The summed E-state index contributed by atoms with van der Waals surface area (Å²) < 4.78 is 0. The topological polar surface area (TPSA) is 37.3 Å². The van der Waals surface area contributed by atoms with Gasteiger partial charge in [0.05, 0.1) is 9.90 Å². The highest BCUT2D eigenvalue weighted by Gasteiger charge is 2.12. The maximum absolute atomic E-state index is 12.4. The van der Waals surface area contributed by atoms with Gasteiger partial charge in [0.1, 0.15) is 5.75 Å². The molecule has 0 saturated carbocycles. The summed E-state index contributed by atoms with van der Waals surface area (Å²) >= 11 is 7.39. The van der Waals surface area contributed by atoms with E-state index in [2.05, 4.69) is 0 Å². The lowest BCUT2D eigenvalue weighted by Gasteiger charge is -2.01. The van der Waals surface area contributed by atoms with Crippen LogP contribution in [-0.2, 0) is 6.42 Å². The van der Waals surface area contributed by atoms with Crippen molar-refractivity contribution in [3.63, 3.8) is 0 Å². The molecule has 0 aliphatic carbocycles. The summed E-state index contributed by atoms with van der Waals surface area (Å²) in [6, 6.07) is 16.8. The van der Waals surface area contributed by atoms with E-state index in [1.54, 1.807) is 18.2 Å². The predicted octanol–water partition coefficient (Wildman–Crippen LogP) is 5.51. The number of thiophene rings is 1. The van der Waals surface area contributed by atoms with E-state index in [0.29, 0.717) is 11.4 Å². The standard InChI is InChI=1S/C19H15ClO2S/c1-12-3-2-4-13(9-12)10-17(22)19-8-7-18(23-19)14-5-6-16(21)15(20)11-14/h2-9,11,21H,10H2,1H3. The quantitative estimate of drug-likeness (QED) is 0.635. The third-order valence-electron chi connectivity index (χ3n) is 3.56.